The first-order chi connectivity index (χ1) is 7.60. The Kier molecular flexibility index (Phi) is 4.96. The van der Waals surface area contributed by atoms with E-state index in [1.54, 1.807) is 19.1 Å². The summed E-state index contributed by atoms with van der Waals surface area (Å²) in [5.41, 5.74) is 1.04. The first-order valence-electron chi connectivity index (χ1n) is 4.67. The van der Waals surface area contributed by atoms with Crippen LogP contribution >= 0.6 is 27.5 Å². The second kappa shape index (κ2) is 6.01. The summed E-state index contributed by atoms with van der Waals surface area (Å²) in [6.45, 7) is 2.05. The maximum Gasteiger partial charge on any atom is 0.310 e. The number of ether oxygens (including phenoxy) is 1. The molecule has 1 aromatic rings. The molecule has 0 heterocycles. The zero-order valence-electron chi connectivity index (χ0n) is 8.63. The van der Waals surface area contributed by atoms with Crippen molar-refractivity contribution in [1.82, 2.24) is 0 Å². The topological polar surface area (TPSA) is 43.4 Å². The molecule has 0 atom stereocenters. The predicted molar refractivity (Wildman–Crippen MR) is 64.9 cm³/mol. The van der Waals surface area contributed by atoms with Crippen LogP contribution in [0.4, 0.5) is 0 Å². The molecule has 0 aliphatic carbocycles. The Labute approximate surface area is 107 Å². The second-order valence-electron chi connectivity index (χ2n) is 3.03. The van der Waals surface area contributed by atoms with Gasteiger partial charge in [-0.3, -0.25) is 9.59 Å². The van der Waals surface area contributed by atoms with Gasteiger partial charge in [0.15, 0.2) is 6.29 Å². The number of halogens is 2. The second-order valence-corrected chi connectivity index (χ2v) is 4.23. The minimum absolute atomic E-state index is 0.0505. The smallest absolute Gasteiger partial charge is 0.310 e. The highest BCUT2D eigenvalue weighted by atomic mass is 79.9. The van der Waals surface area contributed by atoms with Crippen LogP contribution in [0.2, 0.25) is 5.02 Å². The van der Waals surface area contributed by atoms with Crippen LogP contribution in [-0.2, 0) is 16.0 Å². The van der Waals surface area contributed by atoms with Crippen molar-refractivity contribution in [3.8, 4) is 0 Å². The Morgan fingerprint density at radius 1 is 1.56 bits per heavy atom. The van der Waals surface area contributed by atoms with Gasteiger partial charge in [-0.25, -0.2) is 0 Å². The van der Waals surface area contributed by atoms with Crippen molar-refractivity contribution in [2.75, 3.05) is 6.61 Å². The molecule has 0 aromatic heterocycles. The lowest BCUT2D eigenvalue weighted by Gasteiger charge is -2.08. The fraction of sp³-hybridized carbons (Fsp3) is 0.273. The molecule has 1 rings (SSSR count). The van der Waals surface area contributed by atoms with Gasteiger partial charge in [-0.05, 0) is 40.5 Å². The number of benzene rings is 1. The van der Waals surface area contributed by atoms with Crippen LogP contribution in [0.15, 0.2) is 16.6 Å². The highest BCUT2D eigenvalue weighted by Gasteiger charge is 2.14. The lowest BCUT2D eigenvalue weighted by atomic mass is 10.1. The fourth-order valence-corrected chi connectivity index (χ4v) is 2.14. The van der Waals surface area contributed by atoms with Gasteiger partial charge in [-0.15, -0.1) is 0 Å². The Morgan fingerprint density at radius 2 is 2.25 bits per heavy atom. The minimum atomic E-state index is -0.367. The van der Waals surface area contributed by atoms with E-state index in [-0.39, 0.29) is 12.4 Å². The molecule has 0 unspecified atom stereocenters. The molecule has 86 valence electrons. The Hall–Kier alpha value is -0.870. The van der Waals surface area contributed by atoms with Crippen molar-refractivity contribution in [3.63, 3.8) is 0 Å². The molecule has 0 N–H and O–H groups in total. The standard InChI is InChI=1S/C11H10BrClO3/c1-2-16-10(15)5-8-9(13)4-3-7(6-14)11(8)12/h3-4,6H,2,5H2,1H3. The average molecular weight is 306 g/mol. The number of carbonyl (C=O) groups is 2. The van der Waals surface area contributed by atoms with E-state index in [0.717, 1.165) is 0 Å². The summed E-state index contributed by atoms with van der Waals surface area (Å²) in [4.78, 5) is 22.0. The van der Waals surface area contributed by atoms with Gasteiger partial charge in [-0.1, -0.05) is 11.6 Å². The number of esters is 1. The SMILES string of the molecule is CCOC(=O)Cc1c(Cl)ccc(C=O)c1Br. The fourth-order valence-electron chi connectivity index (χ4n) is 1.23. The molecule has 0 amide bonds. The molecule has 0 bridgehead atoms. The van der Waals surface area contributed by atoms with Crippen molar-refractivity contribution in [2.24, 2.45) is 0 Å². The third-order valence-corrected chi connectivity index (χ3v) is 3.26. The van der Waals surface area contributed by atoms with E-state index in [1.165, 1.54) is 0 Å². The zero-order valence-corrected chi connectivity index (χ0v) is 11.0. The molecule has 0 radical (unpaired) electrons. The number of aldehydes is 1. The molecule has 0 fully saturated rings. The van der Waals surface area contributed by atoms with Crippen LogP contribution in [0.25, 0.3) is 0 Å². The van der Waals surface area contributed by atoms with Crippen molar-refractivity contribution in [2.45, 2.75) is 13.3 Å². The monoisotopic (exact) mass is 304 g/mol. The summed E-state index contributed by atoms with van der Waals surface area (Å²) >= 11 is 9.20. The van der Waals surface area contributed by atoms with Gasteiger partial charge in [-0.2, -0.15) is 0 Å². The van der Waals surface area contributed by atoms with E-state index >= 15 is 0 Å². The predicted octanol–water partition coefficient (Wildman–Crippen LogP) is 3.02. The van der Waals surface area contributed by atoms with Crippen molar-refractivity contribution < 1.29 is 14.3 Å². The van der Waals surface area contributed by atoms with E-state index in [2.05, 4.69) is 15.9 Å². The molecule has 0 aliphatic heterocycles. The van der Waals surface area contributed by atoms with Gasteiger partial charge in [0.05, 0.1) is 13.0 Å². The summed E-state index contributed by atoms with van der Waals surface area (Å²) in [6.07, 6.45) is 0.754. The normalized spacial score (nSPS) is 9.94. The van der Waals surface area contributed by atoms with Crippen LogP contribution in [0.5, 0.6) is 0 Å². The molecule has 0 saturated carbocycles. The maximum absolute atomic E-state index is 11.3. The molecule has 1 aromatic carbocycles. The molecule has 16 heavy (non-hydrogen) atoms. The summed E-state index contributed by atoms with van der Waals surface area (Å²) < 4.78 is 5.37. The van der Waals surface area contributed by atoms with Crippen LogP contribution in [0, 0.1) is 0 Å². The van der Waals surface area contributed by atoms with Crippen molar-refractivity contribution >= 4 is 39.8 Å². The molecular formula is C11H10BrClO3. The van der Waals surface area contributed by atoms with Gasteiger partial charge in [0, 0.05) is 15.1 Å². The average Bonchev–Trinajstić information content (AvgIpc) is 2.25. The lowest BCUT2D eigenvalue weighted by Crippen LogP contribution is -2.09. The molecule has 0 spiro atoms. The molecule has 3 nitrogen and oxygen atoms in total. The zero-order chi connectivity index (χ0) is 12.1. The quantitative estimate of drug-likeness (QED) is 0.634. The van der Waals surface area contributed by atoms with Crippen LogP contribution < -0.4 is 0 Å². The first-order valence-corrected chi connectivity index (χ1v) is 5.85. The van der Waals surface area contributed by atoms with Crippen molar-refractivity contribution in [3.05, 3.63) is 32.8 Å². The Balaban J connectivity index is 3.02. The van der Waals surface area contributed by atoms with Crippen molar-refractivity contribution in [1.29, 1.82) is 0 Å². The van der Waals surface area contributed by atoms with Gasteiger partial charge in [0.2, 0.25) is 0 Å². The number of rotatable bonds is 4. The molecule has 0 aliphatic rings. The highest BCUT2D eigenvalue weighted by Crippen LogP contribution is 2.28. The number of carbonyl (C=O) groups excluding carboxylic acids is 2. The summed E-state index contributed by atoms with van der Waals surface area (Å²) in [7, 11) is 0. The Bertz CT molecular complexity index is 418. The first kappa shape index (κ1) is 13.2. The lowest BCUT2D eigenvalue weighted by molar-refractivity contribution is -0.142. The van der Waals surface area contributed by atoms with Crippen LogP contribution in [0.3, 0.4) is 0 Å². The number of hydrogen-bond acceptors (Lipinski definition) is 3. The van der Waals surface area contributed by atoms with E-state index < -0.39 is 0 Å². The third-order valence-electron chi connectivity index (χ3n) is 1.97. The largest absolute Gasteiger partial charge is 0.466 e. The summed E-state index contributed by atoms with van der Waals surface area (Å²) in [5, 5.41) is 0.436. The van der Waals surface area contributed by atoms with Crippen LogP contribution in [0.1, 0.15) is 22.8 Å². The van der Waals surface area contributed by atoms with Crippen LogP contribution in [-0.4, -0.2) is 18.9 Å². The Morgan fingerprint density at radius 3 is 2.81 bits per heavy atom. The summed E-state index contributed by atoms with van der Waals surface area (Å²) in [5.74, 6) is -0.367. The summed E-state index contributed by atoms with van der Waals surface area (Å²) in [6, 6.07) is 3.18. The van der Waals surface area contributed by atoms with Gasteiger partial charge >= 0.3 is 5.97 Å². The third kappa shape index (κ3) is 3.06. The van der Waals surface area contributed by atoms with E-state index in [4.69, 9.17) is 16.3 Å². The molecule has 5 heteroatoms. The van der Waals surface area contributed by atoms with Gasteiger partial charge in [0.1, 0.15) is 0 Å². The van der Waals surface area contributed by atoms with Gasteiger partial charge < -0.3 is 4.74 Å². The highest BCUT2D eigenvalue weighted by molar-refractivity contribution is 9.10. The minimum Gasteiger partial charge on any atom is -0.466 e. The molecule has 0 saturated heterocycles. The van der Waals surface area contributed by atoms with E-state index in [0.29, 0.717) is 33.5 Å². The van der Waals surface area contributed by atoms with E-state index in [1.807, 2.05) is 0 Å². The maximum atomic E-state index is 11.3. The van der Waals surface area contributed by atoms with Gasteiger partial charge in [0.25, 0.3) is 0 Å². The number of hydrogen-bond donors (Lipinski definition) is 0. The molecular weight excluding hydrogens is 295 g/mol. The van der Waals surface area contributed by atoms with E-state index in [9.17, 15) is 9.59 Å².